The van der Waals surface area contributed by atoms with Gasteiger partial charge in [0.25, 0.3) is 5.56 Å². The molecule has 0 amide bonds. The molecule has 2 aromatic heterocycles. The molecule has 0 aliphatic carbocycles. The van der Waals surface area contributed by atoms with Gasteiger partial charge in [0.1, 0.15) is 0 Å². The molecule has 7 heteroatoms. The molecule has 1 aromatic carbocycles. The molecular weight excluding hydrogens is 372 g/mol. The van der Waals surface area contributed by atoms with E-state index >= 15 is 0 Å². The van der Waals surface area contributed by atoms with Crippen LogP contribution in [-0.2, 0) is 17.8 Å². The second kappa shape index (κ2) is 9.43. The normalized spacial score (nSPS) is 10.8. The first-order valence-electron chi connectivity index (χ1n) is 9.10. The lowest BCUT2D eigenvalue weighted by Crippen LogP contribution is -2.41. The molecule has 0 atom stereocenters. The number of ether oxygens (including phenoxy) is 1. The van der Waals surface area contributed by atoms with Crippen LogP contribution in [0.2, 0.25) is 0 Å². The predicted molar refractivity (Wildman–Crippen MR) is 115 cm³/mol. The van der Waals surface area contributed by atoms with E-state index in [1.54, 1.807) is 19.5 Å². The fourth-order valence-corrected chi connectivity index (χ4v) is 3.20. The molecule has 0 saturated heterocycles. The molecule has 0 spiro atoms. The molecule has 146 valence electrons. The number of benzene rings is 1. The van der Waals surface area contributed by atoms with Gasteiger partial charge in [-0.1, -0.05) is 18.2 Å². The van der Waals surface area contributed by atoms with Gasteiger partial charge in [-0.15, -0.1) is 0 Å². The standard InChI is InChI=1S/C21H24N4O2S/c1-15-5-6-17-11-18(20(26)24-19(17)10-15)14-25(21(28)23-8-9-27-2)13-16-4-3-7-22-12-16/h3-7,10-12H,8-9,13-14H2,1-2H3,(H,23,28)(H,24,26). The van der Waals surface area contributed by atoms with Crippen molar-refractivity contribution < 1.29 is 4.74 Å². The van der Waals surface area contributed by atoms with Crippen molar-refractivity contribution in [3.05, 3.63) is 75.8 Å². The highest BCUT2D eigenvalue weighted by Crippen LogP contribution is 2.15. The Bertz CT molecular complexity index is 1000. The number of hydrogen-bond donors (Lipinski definition) is 2. The summed E-state index contributed by atoms with van der Waals surface area (Å²) in [6.07, 6.45) is 3.54. The zero-order valence-electron chi connectivity index (χ0n) is 16.1. The maximum atomic E-state index is 12.6. The molecule has 0 aliphatic rings. The fraction of sp³-hybridized carbons (Fsp3) is 0.286. The number of thiocarbonyl (C=S) groups is 1. The van der Waals surface area contributed by atoms with Gasteiger partial charge in [0, 0.05) is 43.7 Å². The van der Waals surface area contributed by atoms with Crippen LogP contribution in [0.5, 0.6) is 0 Å². The van der Waals surface area contributed by atoms with Gasteiger partial charge < -0.3 is 19.9 Å². The lowest BCUT2D eigenvalue weighted by Gasteiger charge is -2.26. The summed E-state index contributed by atoms with van der Waals surface area (Å²) in [7, 11) is 1.65. The van der Waals surface area contributed by atoms with Crippen molar-refractivity contribution in [2.24, 2.45) is 0 Å². The van der Waals surface area contributed by atoms with Crippen molar-refractivity contribution in [3.63, 3.8) is 0 Å². The van der Waals surface area contributed by atoms with E-state index in [4.69, 9.17) is 17.0 Å². The molecule has 6 nitrogen and oxygen atoms in total. The van der Waals surface area contributed by atoms with Crippen LogP contribution in [0.4, 0.5) is 0 Å². The minimum absolute atomic E-state index is 0.103. The fourth-order valence-electron chi connectivity index (χ4n) is 2.97. The minimum Gasteiger partial charge on any atom is -0.383 e. The maximum absolute atomic E-state index is 12.6. The molecule has 0 bridgehead atoms. The van der Waals surface area contributed by atoms with Crippen LogP contribution < -0.4 is 10.9 Å². The van der Waals surface area contributed by atoms with Gasteiger partial charge >= 0.3 is 0 Å². The van der Waals surface area contributed by atoms with E-state index in [-0.39, 0.29) is 5.56 Å². The molecule has 0 saturated carbocycles. The van der Waals surface area contributed by atoms with E-state index in [2.05, 4.69) is 15.3 Å². The van der Waals surface area contributed by atoms with Gasteiger partial charge in [-0.05, 0) is 53.9 Å². The summed E-state index contributed by atoms with van der Waals surface area (Å²) < 4.78 is 5.08. The molecule has 3 rings (SSSR count). The molecule has 0 radical (unpaired) electrons. The summed E-state index contributed by atoms with van der Waals surface area (Å²) in [6, 6.07) is 11.8. The Labute approximate surface area is 169 Å². The highest BCUT2D eigenvalue weighted by molar-refractivity contribution is 7.80. The van der Waals surface area contributed by atoms with Crippen molar-refractivity contribution in [2.75, 3.05) is 20.3 Å². The van der Waals surface area contributed by atoms with E-state index in [1.807, 2.05) is 48.2 Å². The average molecular weight is 397 g/mol. The summed E-state index contributed by atoms with van der Waals surface area (Å²) in [6.45, 7) is 4.11. The number of methoxy groups -OCH3 is 1. The Morgan fingerprint density at radius 3 is 2.89 bits per heavy atom. The lowest BCUT2D eigenvalue weighted by molar-refractivity contribution is 0.202. The molecular formula is C21H24N4O2S. The third kappa shape index (κ3) is 5.15. The quantitative estimate of drug-likeness (QED) is 0.473. The smallest absolute Gasteiger partial charge is 0.253 e. The number of hydrogen-bond acceptors (Lipinski definition) is 4. The van der Waals surface area contributed by atoms with E-state index in [1.165, 1.54) is 0 Å². The number of pyridine rings is 2. The first kappa shape index (κ1) is 20.0. The Hall–Kier alpha value is -2.77. The molecule has 0 aliphatic heterocycles. The van der Waals surface area contributed by atoms with Crippen molar-refractivity contribution in [1.29, 1.82) is 0 Å². The zero-order chi connectivity index (χ0) is 19.9. The Kier molecular flexibility index (Phi) is 6.73. The van der Waals surface area contributed by atoms with Gasteiger partial charge in [-0.25, -0.2) is 0 Å². The minimum atomic E-state index is -0.103. The number of aromatic nitrogens is 2. The Balaban J connectivity index is 1.86. The summed E-state index contributed by atoms with van der Waals surface area (Å²) in [5.74, 6) is 0. The van der Waals surface area contributed by atoms with Crippen LogP contribution in [0.25, 0.3) is 10.9 Å². The number of H-pyrrole nitrogens is 1. The summed E-state index contributed by atoms with van der Waals surface area (Å²) in [5, 5.41) is 4.76. The van der Waals surface area contributed by atoms with Crippen molar-refractivity contribution in [1.82, 2.24) is 20.2 Å². The highest BCUT2D eigenvalue weighted by atomic mass is 32.1. The number of aryl methyl sites for hydroxylation is 1. The summed E-state index contributed by atoms with van der Waals surface area (Å²) in [5.41, 5.74) is 3.53. The number of nitrogens with zero attached hydrogens (tertiary/aromatic N) is 2. The number of rotatable bonds is 7. The molecule has 2 N–H and O–H groups in total. The number of nitrogens with one attached hydrogen (secondary N) is 2. The van der Waals surface area contributed by atoms with Crippen molar-refractivity contribution >= 4 is 28.2 Å². The highest BCUT2D eigenvalue weighted by Gasteiger charge is 2.14. The third-order valence-corrected chi connectivity index (χ3v) is 4.81. The van der Waals surface area contributed by atoms with Crippen LogP contribution in [-0.4, -0.2) is 40.2 Å². The summed E-state index contributed by atoms with van der Waals surface area (Å²) >= 11 is 5.57. The van der Waals surface area contributed by atoms with E-state index < -0.39 is 0 Å². The van der Waals surface area contributed by atoms with Gasteiger partial charge in [-0.3, -0.25) is 9.78 Å². The van der Waals surface area contributed by atoms with Gasteiger partial charge in [0.15, 0.2) is 5.11 Å². The molecule has 28 heavy (non-hydrogen) atoms. The Morgan fingerprint density at radius 2 is 2.14 bits per heavy atom. The van der Waals surface area contributed by atoms with E-state index in [0.717, 1.165) is 22.0 Å². The first-order valence-corrected chi connectivity index (χ1v) is 9.51. The van der Waals surface area contributed by atoms with Crippen molar-refractivity contribution in [3.8, 4) is 0 Å². The summed E-state index contributed by atoms with van der Waals surface area (Å²) in [4.78, 5) is 21.8. The number of fused-ring (bicyclic) bond motifs is 1. The van der Waals surface area contributed by atoms with Crippen LogP contribution in [0, 0.1) is 6.92 Å². The van der Waals surface area contributed by atoms with Crippen LogP contribution in [0.15, 0.2) is 53.6 Å². The van der Waals surface area contributed by atoms with Gasteiger partial charge in [0.2, 0.25) is 0 Å². The molecule has 0 fully saturated rings. The van der Waals surface area contributed by atoms with E-state index in [9.17, 15) is 4.79 Å². The molecule has 3 aromatic rings. The van der Waals surface area contributed by atoms with Crippen LogP contribution in [0.1, 0.15) is 16.7 Å². The SMILES string of the molecule is COCCNC(=S)N(Cc1cccnc1)Cc1cc2ccc(C)cc2[nH]c1=O. The van der Waals surface area contributed by atoms with Crippen molar-refractivity contribution in [2.45, 2.75) is 20.0 Å². The predicted octanol–water partition coefficient (Wildman–Crippen LogP) is 2.75. The first-order chi connectivity index (χ1) is 13.6. The average Bonchev–Trinajstić information content (AvgIpc) is 2.69. The topological polar surface area (TPSA) is 70.2 Å². The molecule has 2 heterocycles. The van der Waals surface area contributed by atoms with Crippen LogP contribution in [0.3, 0.4) is 0 Å². The third-order valence-electron chi connectivity index (χ3n) is 4.41. The van der Waals surface area contributed by atoms with E-state index in [0.29, 0.717) is 36.9 Å². The maximum Gasteiger partial charge on any atom is 0.253 e. The monoisotopic (exact) mass is 396 g/mol. The lowest BCUT2D eigenvalue weighted by atomic mass is 10.1. The zero-order valence-corrected chi connectivity index (χ0v) is 16.9. The second-order valence-corrected chi connectivity index (χ2v) is 7.04. The van der Waals surface area contributed by atoms with Gasteiger partial charge in [-0.2, -0.15) is 0 Å². The number of aromatic amines is 1. The largest absolute Gasteiger partial charge is 0.383 e. The molecule has 0 unspecified atom stereocenters. The van der Waals surface area contributed by atoms with Gasteiger partial charge in [0.05, 0.1) is 13.2 Å². The second-order valence-electron chi connectivity index (χ2n) is 6.66. The Morgan fingerprint density at radius 1 is 1.29 bits per heavy atom. The van der Waals surface area contributed by atoms with Crippen LogP contribution >= 0.6 is 12.2 Å².